The average Bonchev–Trinajstić information content (AvgIpc) is 2.97. The molecule has 2 aromatic rings. The number of aromatic nitrogens is 4. The minimum atomic E-state index is -0.0343. The minimum absolute atomic E-state index is 0.0343. The molecule has 0 radical (unpaired) electrons. The fourth-order valence-corrected chi connectivity index (χ4v) is 4.01. The molecule has 0 saturated carbocycles. The highest BCUT2D eigenvalue weighted by atomic mass is 16.2. The third kappa shape index (κ3) is 5.50. The molecule has 1 aliphatic rings. The van der Waals surface area contributed by atoms with Crippen molar-refractivity contribution in [2.75, 3.05) is 49.9 Å². The van der Waals surface area contributed by atoms with E-state index in [1.807, 2.05) is 41.8 Å². The number of carbonyl (C=O) groups is 2. The largest absolute Gasteiger partial charge is 0.322 e. The molecule has 0 spiro atoms. The van der Waals surface area contributed by atoms with E-state index in [1.54, 1.807) is 9.36 Å². The van der Waals surface area contributed by atoms with Crippen LogP contribution in [0.3, 0.4) is 0 Å². The lowest BCUT2D eigenvalue weighted by atomic mass is 10.3. The fourth-order valence-electron chi connectivity index (χ4n) is 4.01. The lowest BCUT2D eigenvalue weighted by Crippen LogP contribution is -2.38. The van der Waals surface area contributed by atoms with Crippen LogP contribution in [0, 0.1) is 27.7 Å². The molecule has 170 valence electrons. The molecule has 0 bridgehead atoms. The van der Waals surface area contributed by atoms with E-state index in [1.165, 1.54) is 0 Å². The fraction of sp³-hybridized carbons (Fsp3) is 0.619. The van der Waals surface area contributed by atoms with E-state index in [4.69, 9.17) is 0 Å². The van der Waals surface area contributed by atoms with Crippen molar-refractivity contribution in [1.82, 2.24) is 29.4 Å². The van der Waals surface area contributed by atoms with Gasteiger partial charge in [-0.25, -0.2) is 0 Å². The zero-order chi connectivity index (χ0) is 22.7. The third-order valence-electron chi connectivity index (χ3n) is 5.96. The second kappa shape index (κ2) is 9.61. The smallest absolute Gasteiger partial charge is 0.238 e. The summed E-state index contributed by atoms with van der Waals surface area (Å²) in [6, 6.07) is 0. The average molecular weight is 431 g/mol. The van der Waals surface area contributed by atoms with Gasteiger partial charge in [-0.1, -0.05) is 0 Å². The predicted octanol–water partition coefficient (Wildman–Crippen LogP) is 0.972. The Kier molecular flexibility index (Phi) is 7.11. The molecular weight excluding hydrogens is 396 g/mol. The van der Waals surface area contributed by atoms with E-state index in [2.05, 4.69) is 30.6 Å². The van der Waals surface area contributed by atoms with Gasteiger partial charge < -0.3 is 10.6 Å². The van der Waals surface area contributed by atoms with Crippen LogP contribution in [0.1, 0.15) is 29.2 Å². The summed E-state index contributed by atoms with van der Waals surface area (Å²) >= 11 is 0. The Morgan fingerprint density at radius 1 is 0.742 bits per heavy atom. The summed E-state index contributed by atoms with van der Waals surface area (Å²) in [5, 5.41) is 14.7. The number of nitrogens with zero attached hydrogens (tertiary/aromatic N) is 6. The Bertz CT molecular complexity index is 885. The van der Waals surface area contributed by atoms with E-state index in [0.717, 1.165) is 66.8 Å². The van der Waals surface area contributed by atoms with Gasteiger partial charge in [0.1, 0.15) is 0 Å². The molecule has 10 nitrogen and oxygen atoms in total. The molecular formula is C21H34N8O2. The van der Waals surface area contributed by atoms with E-state index in [-0.39, 0.29) is 11.8 Å². The molecule has 0 unspecified atom stereocenters. The molecule has 10 heteroatoms. The molecule has 31 heavy (non-hydrogen) atoms. The van der Waals surface area contributed by atoms with Crippen molar-refractivity contribution in [3.05, 3.63) is 22.8 Å². The highest BCUT2D eigenvalue weighted by Gasteiger charge is 2.21. The van der Waals surface area contributed by atoms with Crippen LogP contribution in [0.5, 0.6) is 0 Å². The second-order valence-electron chi connectivity index (χ2n) is 8.34. The van der Waals surface area contributed by atoms with Crippen molar-refractivity contribution in [3.8, 4) is 0 Å². The number of carbonyl (C=O) groups excluding carboxylic acids is 2. The quantitative estimate of drug-likeness (QED) is 0.708. The van der Waals surface area contributed by atoms with Crippen molar-refractivity contribution in [2.24, 2.45) is 14.1 Å². The summed E-state index contributed by atoms with van der Waals surface area (Å²) < 4.78 is 3.54. The predicted molar refractivity (Wildman–Crippen MR) is 120 cm³/mol. The van der Waals surface area contributed by atoms with E-state index < -0.39 is 0 Å². The Balaban J connectivity index is 1.48. The van der Waals surface area contributed by atoms with Crippen LogP contribution in [0.25, 0.3) is 0 Å². The first-order valence-corrected chi connectivity index (χ1v) is 10.7. The van der Waals surface area contributed by atoms with Gasteiger partial charge in [0.05, 0.1) is 47.2 Å². The summed E-state index contributed by atoms with van der Waals surface area (Å²) in [5.41, 5.74) is 5.11. The number of anilines is 2. The molecule has 1 fully saturated rings. The topological polar surface area (TPSA) is 100 Å². The maximum Gasteiger partial charge on any atom is 0.238 e. The second-order valence-corrected chi connectivity index (χ2v) is 8.34. The SMILES string of the molecule is Cc1nn(C)c(C)c1NC(=O)CN1CCCN(CC(=O)Nc2c(C)nn(C)c2C)CC1. The first-order valence-electron chi connectivity index (χ1n) is 10.7. The molecule has 3 heterocycles. The van der Waals surface area contributed by atoms with Gasteiger partial charge in [0.25, 0.3) is 0 Å². The van der Waals surface area contributed by atoms with E-state index in [0.29, 0.717) is 13.1 Å². The summed E-state index contributed by atoms with van der Waals surface area (Å²) in [5.74, 6) is -0.0687. The van der Waals surface area contributed by atoms with Gasteiger partial charge in [-0.3, -0.25) is 28.8 Å². The third-order valence-corrected chi connectivity index (χ3v) is 5.96. The van der Waals surface area contributed by atoms with Crippen LogP contribution in [0.2, 0.25) is 0 Å². The van der Waals surface area contributed by atoms with Crippen molar-refractivity contribution >= 4 is 23.2 Å². The van der Waals surface area contributed by atoms with Crippen LogP contribution in [-0.4, -0.2) is 80.4 Å². The molecule has 1 saturated heterocycles. The summed E-state index contributed by atoms with van der Waals surface area (Å²) in [6.07, 6.45) is 0.913. The van der Waals surface area contributed by atoms with Gasteiger partial charge in [-0.2, -0.15) is 10.2 Å². The standard InChI is InChI=1S/C21H34N8O2/c1-14-20(16(3)26(5)24-14)22-18(30)12-28-8-7-9-29(11-10-28)13-19(31)23-21-15(2)25-27(6)17(21)4/h7-13H2,1-6H3,(H,22,30)(H,23,31). The highest BCUT2D eigenvalue weighted by molar-refractivity contribution is 5.94. The zero-order valence-corrected chi connectivity index (χ0v) is 19.4. The van der Waals surface area contributed by atoms with E-state index >= 15 is 0 Å². The minimum Gasteiger partial charge on any atom is -0.322 e. The van der Waals surface area contributed by atoms with Crippen molar-refractivity contribution in [3.63, 3.8) is 0 Å². The lowest BCUT2D eigenvalue weighted by Gasteiger charge is -2.21. The first kappa shape index (κ1) is 23.0. The summed E-state index contributed by atoms with van der Waals surface area (Å²) in [4.78, 5) is 29.4. The van der Waals surface area contributed by atoms with Crippen LogP contribution in [0.4, 0.5) is 11.4 Å². The van der Waals surface area contributed by atoms with Gasteiger partial charge in [-0.05, 0) is 47.2 Å². The Labute approximate surface area is 183 Å². The molecule has 0 aromatic carbocycles. The molecule has 2 N–H and O–H groups in total. The van der Waals surface area contributed by atoms with Gasteiger partial charge in [-0.15, -0.1) is 0 Å². The maximum absolute atomic E-state index is 12.6. The zero-order valence-electron chi connectivity index (χ0n) is 19.4. The number of rotatable bonds is 6. The molecule has 2 aromatic heterocycles. The van der Waals surface area contributed by atoms with Crippen LogP contribution in [0.15, 0.2) is 0 Å². The van der Waals surface area contributed by atoms with Crippen molar-refractivity contribution in [1.29, 1.82) is 0 Å². The Morgan fingerprint density at radius 3 is 1.45 bits per heavy atom. The normalized spacial score (nSPS) is 15.7. The first-order chi connectivity index (χ1) is 14.7. The van der Waals surface area contributed by atoms with Gasteiger partial charge >= 0.3 is 0 Å². The number of hydrogen-bond donors (Lipinski definition) is 2. The van der Waals surface area contributed by atoms with E-state index in [9.17, 15) is 9.59 Å². The summed E-state index contributed by atoms with van der Waals surface area (Å²) in [7, 11) is 3.74. The van der Waals surface area contributed by atoms with Crippen molar-refractivity contribution in [2.45, 2.75) is 34.1 Å². The van der Waals surface area contributed by atoms with Gasteiger partial charge in [0, 0.05) is 27.2 Å². The molecule has 3 rings (SSSR count). The van der Waals surface area contributed by atoms with Crippen molar-refractivity contribution < 1.29 is 9.59 Å². The Morgan fingerprint density at radius 2 is 1.13 bits per heavy atom. The van der Waals surface area contributed by atoms with Crippen LogP contribution in [-0.2, 0) is 23.7 Å². The monoisotopic (exact) mass is 430 g/mol. The van der Waals surface area contributed by atoms with Gasteiger partial charge in [0.15, 0.2) is 0 Å². The number of aryl methyl sites for hydroxylation is 4. The highest BCUT2D eigenvalue weighted by Crippen LogP contribution is 2.19. The number of hydrogen-bond acceptors (Lipinski definition) is 6. The molecule has 0 atom stereocenters. The molecule has 0 aliphatic carbocycles. The van der Waals surface area contributed by atoms with Crippen LogP contribution >= 0.6 is 0 Å². The summed E-state index contributed by atoms with van der Waals surface area (Å²) in [6.45, 7) is 11.5. The maximum atomic E-state index is 12.6. The molecule has 2 amide bonds. The number of amides is 2. The lowest BCUT2D eigenvalue weighted by molar-refractivity contribution is -0.118. The van der Waals surface area contributed by atoms with Gasteiger partial charge in [0.2, 0.25) is 11.8 Å². The molecule has 1 aliphatic heterocycles. The Hall–Kier alpha value is -2.72. The number of nitrogens with one attached hydrogen (secondary N) is 2. The van der Waals surface area contributed by atoms with Crippen LogP contribution < -0.4 is 10.6 Å².